The SMILES string of the molecule is CON=C(F)C1CN2CCC1C2.O=C(O)C(=O)O. The van der Waals surface area contributed by atoms with Crippen LogP contribution in [0, 0.1) is 11.8 Å². The molecule has 3 unspecified atom stereocenters. The second-order valence-corrected chi connectivity index (χ2v) is 4.12. The van der Waals surface area contributed by atoms with Gasteiger partial charge in [-0.1, -0.05) is 5.16 Å². The Morgan fingerprint density at radius 1 is 1.33 bits per heavy atom. The minimum Gasteiger partial charge on any atom is -0.473 e. The number of aliphatic carboxylic acids is 2. The molecule has 102 valence electrons. The molecule has 2 rings (SSSR count). The van der Waals surface area contributed by atoms with Crippen LogP contribution in [0.25, 0.3) is 0 Å². The fourth-order valence-corrected chi connectivity index (χ4v) is 2.21. The monoisotopic (exact) mass is 262 g/mol. The van der Waals surface area contributed by atoms with E-state index in [0.717, 1.165) is 26.1 Å². The predicted molar refractivity (Wildman–Crippen MR) is 58.9 cm³/mol. The summed E-state index contributed by atoms with van der Waals surface area (Å²) in [4.78, 5) is 24.9. The van der Waals surface area contributed by atoms with Gasteiger partial charge in [0.15, 0.2) is 0 Å². The van der Waals surface area contributed by atoms with E-state index in [4.69, 9.17) is 19.8 Å². The molecule has 2 saturated heterocycles. The van der Waals surface area contributed by atoms with Crippen molar-refractivity contribution in [2.24, 2.45) is 17.0 Å². The fraction of sp³-hybridized carbons (Fsp3) is 0.700. The Balaban J connectivity index is 0.000000232. The lowest BCUT2D eigenvalue weighted by molar-refractivity contribution is -0.159. The van der Waals surface area contributed by atoms with Crippen molar-refractivity contribution in [1.29, 1.82) is 0 Å². The topological polar surface area (TPSA) is 99.4 Å². The third-order valence-electron chi connectivity index (χ3n) is 3.00. The van der Waals surface area contributed by atoms with Crippen LogP contribution in [0.15, 0.2) is 5.16 Å². The number of carboxylic acid groups (broad SMARTS) is 2. The predicted octanol–water partition coefficient (Wildman–Crippen LogP) is 0.0231. The van der Waals surface area contributed by atoms with Gasteiger partial charge in [0.05, 0.1) is 0 Å². The van der Waals surface area contributed by atoms with Crippen molar-refractivity contribution < 1.29 is 29.0 Å². The van der Waals surface area contributed by atoms with Gasteiger partial charge in [0.2, 0.25) is 5.97 Å². The molecule has 0 spiro atoms. The van der Waals surface area contributed by atoms with Crippen LogP contribution >= 0.6 is 0 Å². The molecule has 2 aliphatic heterocycles. The lowest BCUT2D eigenvalue weighted by atomic mass is 9.93. The Morgan fingerprint density at radius 2 is 1.94 bits per heavy atom. The number of carboxylic acids is 2. The van der Waals surface area contributed by atoms with E-state index in [1.165, 1.54) is 7.11 Å². The number of piperidine rings is 1. The Hall–Kier alpha value is -1.70. The number of fused-ring (bicyclic) bond motifs is 2. The zero-order valence-electron chi connectivity index (χ0n) is 9.87. The van der Waals surface area contributed by atoms with E-state index in [0.29, 0.717) is 5.92 Å². The largest absolute Gasteiger partial charge is 0.473 e. The molecule has 0 aromatic rings. The van der Waals surface area contributed by atoms with Crippen molar-refractivity contribution in [1.82, 2.24) is 4.90 Å². The third kappa shape index (κ3) is 3.66. The van der Waals surface area contributed by atoms with Gasteiger partial charge in [0.1, 0.15) is 7.11 Å². The maximum absolute atomic E-state index is 13.2. The summed E-state index contributed by atoms with van der Waals surface area (Å²) in [6.45, 7) is 2.99. The third-order valence-corrected chi connectivity index (χ3v) is 3.00. The molecule has 2 bridgehead atoms. The smallest absolute Gasteiger partial charge is 0.414 e. The van der Waals surface area contributed by atoms with Gasteiger partial charge >= 0.3 is 11.9 Å². The minimum atomic E-state index is -1.82. The summed E-state index contributed by atoms with van der Waals surface area (Å²) >= 11 is 0. The molecular formula is C10H15FN2O5. The number of carbonyl (C=O) groups is 2. The molecule has 0 aromatic carbocycles. The highest BCUT2D eigenvalue weighted by Crippen LogP contribution is 2.33. The van der Waals surface area contributed by atoms with E-state index in [9.17, 15) is 4.39 Å². The lowest BCUT2D eigenvalue weighted by Crippen LogP contribution is -2.27. The van der Waals surface area contributed by atoms with Gasteiger partial charge in [-0.25, -0.2) is 9.59 Å². The molecule has 0 amide bonds. The van der Waals surface area contributed by atoms with E-state index in [2.05, 4.69) is 14.9 Å². The minimum absolute atomic E-state index is 0.00120. The number of oxime groups is 1. The molecular weight excluding hydrogens is 247 g/mol. The van der Waals surface area contributed by atoms with Crippen LogP contribution in [0.5, 0.6) is 0 Å². The van der Waals surface area contributed by atoms with E-state index in [1.54, 1.807) is 0 Å². The average molecular weight is 262 g/mol. The zero-order valence-corrected chi connectivity index (χ0v) is 9.87. The van der Waals surface area contributed by atoms with Gasteiger partial charge in [-0.15, -0.1) is 0 Å². The number of hydrogen-bond donors (Lipinski definition) is 2. The van der Waals surface area contributed by atoms with Crippen LogP contribution in [-0.4, -0.2) is 59.8 Å². The summed E-state index contributed by atoms with van der Waals surface area (Å²) in [6.07, 6.45) is 1.11. The highest BCUT2D eigenvalue weighted by atomic mass is 19.1. The first-order chi connectivity index (χ1) is 8.45. The van der Waals surface area contributed by atoms with Gasteiger partial charge in [0.25, 0.3) is 0 Å². The summed E-state index contributed by atoms with van der Waals surface area (Å²) in [5.74, 6) is -3.50. The lowest BCUT2D eigenvalue weighted by Gasteiger charge is -2.18. The first-order valence-corrected chi connectivity index (χ1v) is 5.40. The first-order valence-electron chi connectivity index (χ1n) is 5.40. The highest BCUT2D eigenvalue weighted by molar-refractivity contribution is 6.27. The Labute approximate surface area is 103 Å². The van der Waals surface area contributed by atoms with Crippen molar-refractivity contribution in [2.75, 3.05) is 26.7 Å². The summed E-state index contributed by atoms with van der Waals surface area (Å²) in [6, 6.07) is 0. The van der Waals surface area contributed by atoms with Gasteiger partial charge in [0, 0.05) is 19.0 Å². The Morgan fingerprint density at radius 3 is 2.28 bits per heavy atom. The van der Waals surface area contributed by atoms with Crippen molar-refractivity contribution in [3.05, 3.63) is 0 Å². The van der Waals surface area contributed by atoms with Crippen LogP contribution in [0.2, 0.25) is 0 Å². The summed E-state index contributed by atoms with van der Waals surface area (Å²) in [5.41, 5.74) is 0. The van der Waals surface area contributed by atoms with Gasteiger partial charge in [-0.05, 0) is 18.9 Å². The molecule has 0 radical (unpaired) electrons. The molecule has 0 saturated carbocycles. The van der Waals surface area contributed by atoms with Crippen molar-refractivity contribution in [3.63, 3.8) is 0 Å². The molecule has 0 aliphatic carbocycles. The first kappa shape index (κ1) is 14.4. The van der Waals surface area contributed by atoms with E-state index in [1.807, 2.05) is 0 Å². The quantitative estimate of drug-likeness (QED) is 0.413. The molecule has 7 nitrogen and oxygen atoms in total. The second kappa shape index (κ2) is 6.29. The van der Waals surface area contributed by atoms with Crippen LogP contribution < -0.4 is 0 Å². The van der Waals surface area contributed by atoms with E-state index in [-0.39, 0.29) is 11.9 Å². The van der Waals surface area contributed by atoms with Gasteiger partial charge in [-0.3, -0.25) is 0 Å². The molecule has 8 heteroatoms. The number of halogens is 1. The maximum atomic E-state index is 13.2. The number of rotatable bonds is 2. The second-order valence-electron chi connectivity index (χ2n) is 4.12. The van der Waals surface area contributed by atoms with E-state index < -0.39 is 11.9 Å². The molecule has 2 aliphatic rings. The Bertz CT molecular complexity index is 348. The summed E-state index contributed by atoms with van der Waals surface area (Å²) in [7, 11) is 1.38. The number of nitrogens with zero attached hydrogens (tertiary/aromatic N) is 2. The van der Waals surface area contributed by atoms with Crippen molar-refractivity contribution in [2.45, 2.75) is 6.42 Å². The number of hydrogen-bond acceptors (Lipinski definition) is 5. The van der Waals surface area contributed by atoms with Crippen LogP contribution in [0.3, 0.4) is 0 Å². The molecule has 2 heterocycles. The highest BCUT2D eigenvalue weighted by Gasteiger charge is 2.41. The summed E-state index contributed by atoms with van der Waals surface area (Å²) in [5, 5.41) is 18.1. The molecule has 2 fully saturated rings. The maximum Gasteiger partial charge on any atom is 0.414 e. The van der Waals surface area contributed by atoms with Gasteiger partial charge < -0.3 is 20.0 Å². The molecule has 2 N–H and O–H groups in total. The molecule has 18 heavy (non-hydrogen) atoms. The Kier molecular flexibility index (Phi) is 5.02. The normalized spacial score (nSPS) is 29.4. The van der Waals surface area contributed by atoms with Crippen LogP contribution in [-0.2, 0) is 14.4 Å². The summed E-state index contributed by atoms with van der Waals surface area (Å²) < 4.78 is 13.2. The molecule has 3 atom stereocenters. The molecule has 0 aromatic heterocycles. The van der Waals surface area contributed by atoms with E-state index >= 15 is 0 Å². The fourth-order valence-electron chi connectivity index (χ4n) is 2.21. The van der Waals surface area contributed by atoms with Crippen molar-refractivity contribution in [3.8, 4) is 0 Å². The van der Waals surface area contributed by atoms with Crippen LogP contribution in [0.4, 0.5) is 4.39 Å². The zero-order chi connectivity index (χ0) is 13.7. The van der Waals surface area contributed by atoms with Crippen molar-refractivity contribution >= 4 is 17.9 Å². The average Bonchev–Trinajstić information content (AvgIpc) is 2.91. The van der Waals surface area contributed by atoms with Gasteiger partial charge in [-0.2, -0.15) is 4.39 Å². The van der Waals surface area contributed by atoms with Crippen LogP contribution in [0.1, 0.15) is 6.42 Å². The standard InChI is InChI=1S/C8H13FN2O.C2H2O4/c1-12-10-8(9)7-5-11-3-2-6(7)4-11;3-1(4)2(5)6/h6-7H,2-5H2,1H3;(H,3,4)(H,5,6).